The normalized spacial score (nSPS) is 12.2. The molecule has 1 nitrogen and oxygen atoms in total. The lowest BCUT2D eigenvalue weighted by Gasteiger charge is -2.18. The lowest BCUT2D eigenvalue weighted by atomic mass is 10.4. The SMILES string of the molecule is C=C[Si](C)(C)O[SiH2]c1ccccc1. The average Bonchev–Trinajstić information content (AvgIpc) is 2.17. The van der Waals surface area contributed by atoms with Gasteiger partial charge in [-0.05, 0) is 18.3 Å². The van der Waals surface area contributed by atoms with Crippen molar-refractivity contribution in [3.8, 4) is 0 Å². The summed E-state index contributed by atoms with van der Waals surface area (Å²) >= 11 is 0. The van der Waals surface area contributed by atoms with Gasteiger partial charge in [0.2, 0.25) is 0 Å². The molecule has 0 radical (unpaired) electrons. The molecule has 0 aromatic heterocycles. The second-order valence-corrected chi connectivity index (χ2v) is 9.46. The van der Waals surface area contributed by atoms with Crippen LogP contribution in [-0.2, 0) is 4.12 Å². The zero-order valence-corrected chi connectivity index (χ0v) is 10.7. The molecule has 0 aliphatic heterocycles. The van der Waals surface area contributed by atoms with Crippen LogP contribution >= 0.6 is 0 Å². The Bertz CT molecular complexity index is 270. The van der Waals surface area contributed by atoms with Gasteiger partial charge in [0.1, 0.15) is 0 Å². The highest BCUT2D eigenvalue weighted by Gasteiger charge is 2.16. The summed E-state index contributed by atoms with van der Waals surface area (Å²) in [7, 11) is -2.07. The van der Waals surface area contributed by atoms with E-state index in [0.29, 0.717) is 0 Å². The van der Waals surface area contributed by atoms with Gasteiger partial charge in [-0.25, -0.2) is 0 Å². The van der Waals surface area contributed by atoms with E-state index in [1.807, 2.05) is 11.8 Å². The predicted molar refractivity (Wildman–Crippen MR) is 63.4 cm³/mol. The Morgan fingerprint density at radius 3 is 2.46 bits per heavy atom. The van der Waals surface area contributed by atoms with Crippen LogP contribution in [0.1, 0.15) is 0 Å². The second kappa shape index (κ2) is 4.55. The summed E-state index contributed by atoms with van der Waals surface area (Å²) in [4.78, 5) is 0. The molecule has 0 amide bonds. The molecule has 0 aliphatic carbocycles. The third-order valence-corrected chi connectivity index (χ3v) is 7.29. The van der Waals surface area contributed by atoms with E-state index >= 15 is 0 Å². The maximum atomic E-state index is 5.92. The molecule has 1 rings (SSSR count). The molecule has 0 saturated heterocycles. The van der Waals surface area contributed by atoms with Gasteiger partial charge in [0.15, 0.2) is 18.1 Å². The molecule has 0 spiro atoms. The van der Waals surface area contributed by atoms with Crippen molar-refractivity contribution in [3.05, 3.63) is 42.6 Å². The van der Waals surface area contributed by atoms with E-state index in [1.54, 1.807) is 0 Å². The number of hydrogen-bond acceptors (Lipinski definition) is 1. The fraction of sp³-hybridized carbons (Fsp3) is 0.200. The molecular weight excluding hydrogens is 192 g/mol. The van der Waals surface area contributed by atoms with Crippen LogP contribution in [0.15, 0.2) is 42.6 Å². The fourth-order valence-electron chi connectivity index (χ4n) is 0.902. The Labute approximate surface area is 83.5 Å². The molecule has 13 heavy (non-hydrogen) atoms. The molecule has 1 aromatic rings. The van der Waals surface area contributed by atoms with Crippen molar-refractivity contribution >= 4 is 23.3 Å². The predicted octanol–water partition coefficient (Wildman–Crippen LogP) is 1.34. The van der Waals surface area contributed by atoms with Gasteiger partial charge in [-0.15, -0.1) is 6.58 Å². The minimum absolute atomic E-state index is 0.536. The topological polar surface area (TPSA) is 9.23 Å². The van der Waals surface area contributed by atoms with Gasteiger partial charge in [0.05, 0.1) is 0 Å². The standard InChI is InChI=1S/C10H16OSi2/c1-4-13(2,3)11-12-10-8-6-5-7-9-10/h4-9H,1,12H2,2-3H3. The highest BCUT2D eigenvalue weighted by Crippen LogP contribution is 2.02. The first-order valence-corrected chi connectivity index (χ1v) is 8.72. The minimum Gasteiger partial charge on any atom is -0.454 e. The lowest BCUT2D eigenvalue weighted by Crippen LogP contribution is -2.33. The maximum absolute atomic E-state index is 5.92. The average molecular weight is 208 g/mol. The summed E-state index contributed by atoms with van der Waals surface area (Å²) < 4.78 is 5.92. The monoisotopic (exact) mass is 208 g/mol. The zero-order chi connectivity index (χ0) is 9.73. The molecule has 70 valence electrons. The largest absolute Gasteiger partial charge is 0.454 e. The molecule has 0 fully saturated rings. The van der Waals surface area contributed by atoms with Crippen LogP contribution in [-0.4, -0.2) is 18.1 Å². The molecule has 0 aliphatic rings. The van der Waals surface area contributed by atoms with Gasteiger partial charge >= 0.3 is 0 Å². The van der Waals surface area contributed by atoms with E-state index in [4.69, 9.17) is 4.12 Å². The van der Waals surface area contributed by atoms with Crippen molar-refractivity contribution in [1.29, 1.82) is 0 Å². The van der Waals surface area contributed by atoms with E-state index in [2.05, 4.69) is 43.9 Å². The molecule has 3 heteroatoms. The maximum Gasteiger partial charge on any atom is 0.197 e. The summed E-state index contributed by atoms with van der Waals surface area (Å²) in [5.41, 5.74) is 1.99. The van der Waals surface area contributed by atoms with Gasteiger partial charge in [-0.3, -0.25) is 0 Å². The van der Waals surface area contributed by atoms with Crippen molar-refractivity contribution in [2.24, 2.45) is 0 Å². The molecule has 0 saturated carbocycles. The van der Waals surface area contributed by atoms with E-state index in [-0.39, 0.29) is 0 Å². The Hall–Kier alpha value is -0.646. The quantitative estimate of drug-likeness (QED) is 0.679. The summed E-state index contributed by atoms with van der Waals surface area (Å²) in [5.74, 6) is 0. The fourth-order valence-corrected chi connectivity index (χ4v) is 3.99. The van der Waals surface area contributed by atoms with Crippen LogP contribution in [0.3, 0.4) is 0 Å². The van der Waals surface area contributed by atoms with Crippen LogP contribution in [0.2, 0.25) is 13.1 Å². The van der Waals surface area contributed by atoms with Gasteiger partial charge in [0, 0.05) is 0 Å². The molecule has 0 atom stereocenters. The summed E-state index contributed by atoms with van der Waals surface area (Å²) in [5, 5.41) is 1.37. The van der Waals surface area contributed by atoms with Gasteiger partial charge in [-0.1, -0.05) is 36.0 Å². The lowest BCUT2D eigenvalue weighted by molar-refractivity contribution is 0.615. The van der Waals surface area contributed by atoms with Crippen molar-refractivity contribution in [3.63, 3.8) is 0 Å². The number of rotatable bonds is 4. The first-order valence-electron chi connectivity index (χ1n) is 4.45. The number of benzene rings is 1. The molecule has 1 aromatic carbocycles. The van der Waals surface area contributed by atoms with E-state index < -0.39 is 18.1 Å². The van der Waals surface area contributed by atoms with Crippen LogP contribution in [0.5, 0.6) is 0 Å². The Morgan fingerprint density at radius 2 is 1.92 bits per heavy atom. The number of hydrogen-bond donors (Lipinski definition) is 0. The van der Waals surface area contributed by atoms with Crippen molar-refractivity contribution in [2.45, 2.75) is 13.1 Å². The van der Waals surface area contributed by atoms with Crippen LogP contribution < -0.4 is 5.19 Å². The molecule has 0 unspecified atom stereocenters. The van der Waals surface area contributed by atoms with Gasteiger partial charge in [-0.2, -0.15) is 0 Å². The van der Waals surface area contributed by atoms with Gasteiger partial charge in [0.25, 0.3) is 0 Å². The minimum atomic E-state index is -1.53. The Morgan fingerprint density at radius 1 is 1.31 bits per heavy atom. The summed E-state index contributed by atoms with van der Waals surface area (Å²) in [6.07, 6.45) is 0. The first kappa shape index (κ1) is 10.4. The third-order valence-electron chi connectivity index (χ3n) is 1.95. The Balaban J connectivity index is 2.48. The van der Waals surface area contributed by atoms with Crippen molar-refractivity contribution < 1.29 is 4.12 Å². The highest BCUT2D eigenvalue weighted by atomic mass is 28.4. The highest BCUT2D eigenvalue weighted by molar-refractivity contribution is 6.81. The second-order valence-electron chi connectivity index (χ2n) is 3.58. The molecule has 0 heterocycles. The molecular formula is C10H16OSi2. The van der Waals surface area contributed by atoms with Gasteiger partial charge < -0.3 is 4.12 Å². The first-order chi connectivity index (χ1) is 6.14. The smallest absolute Gasteiger partial charge is 0.197 e. The Kier molecular flexibility index (Phi) is 3.65. The third kappa shape index (κ3) is 3.71. The van der Waals surface area contributed by atoms with E-state index in [0.717, 1.165) is 0 Å². The van der Waals surface area contributed by atoms with Crippen molar-refractivity contribution in [2.75, 3.05) is 0 Å². The summed E-state index contributed by atoms with van der Waals surface area (Å²) in [6.45, 7) is 8.16. The van der Waals surface area contributed by atoms with E-state index in [1.165, 1.54) is 5.19 Å². The van der Waals surface area contributed by atoms with E-state index in [9.17, 15) is 0 Å². The molecule has 0 N–H and O–H groups in total. The summed E-state index contributed by atoms with van der Waals surface area (Å²) in [6, 6.07) is 10.4. The van der Waals surface area contributed by atoms with Crippen LogP contribution in [0.25, 0.3) is 0 Å². The van der Waals surface area contributed by atoms with Crippen molar-refractivity contribution in [1.82, 2.24) is 0 Å². The van der Waals surface area contributed by atoms with Crippen LogP contribution in [0, 0.1) is 0 Å². The zero-order valence-electron chi connectivity index (χ0n) is 8.29. The molecule has 0 bridgehead atoms. The van der Waals surface area contributed by atoms with Crippen LogP contribution in [0.4, 0.5) is 0 Å².